The van der Waals surface area contributed by atoms with E-state index in [0.717, 1.165) is 31.3 Å². The topological polar surface area (TPSA) is 9.23 Å². The Kier molecular flexibility index (Phi) is 4.87. The van der Waals surface area contributed by atoms with Crippen LogP contribution >= 0.6 is 47.8 Å². The molecule has 0 aliphatic carbocycles. The lowest BCUT2D eigenvalue weighted by Crippen LogP contribution is -1.91. The molecule has 2 aromatic rings. The van der Waals surface area contributed by atoms with Gasteiger partial charge in [-0.1, -0.05) is 44.0 Å². The molecule has 0 radical (unpaired) electrons. The molecule has 4 heteroatoms. The van der Waals surface area contributed by atoms with Crippen LogP contribution in [0.3, 0.4) is 0 Å². The van der Waals surface area contributed by atoms with E-state index in [1.807, 2.05) is 36.4 Å². The Hall–Kier alpha value is -0.320. The zero-order valence-corrected chi connectivity index (χ0v) is 14.5. The normalized spacial score (nSPS) is 10.4. The summed E-state index contributed by atoms with van der Waals surface area (Å²) < 4.78 is 7.93. The average Bonchev–Trinajstić information content (AvgIpc) is 2.33. The van der Waals surface area contributed by atoms with Gasteiger partial charge in [-0.2, -0.15) is 0 Å². The van der Waals surface area contributed by atoms with Crippen molar-refractivity contribution in [1.82, 2.24) is 0 Å². The Labute approximate surface area is 132 Å². The first-order valence-corrected chi connectivity index (χ1v) is 8.09. The molecule has 18 heavy (non-hydrogen) atoms. The summed E-state index contributed by atoms with van der Waals surface area (Å²) in [5.41, 5.74) is 2.31. The Morgan fingerprint density at radius 1 is 1.00 bits per heavy atom. The SMILES string of the molecule is Cc1ccc(Oc2cc(Br)ccc2CBr)c(Br)c1. The number of benzene rings is 2. The van der Waals surface area contributed by atoms with Crippen molar-refractivity contribution in [2.45, 2.75) is 12.3 Å². The van der Waals surface area contributed by atoms with Crippen molar-refractivity contribution in [3.8, 4) is 11.5 Å². The molecule has 2 aromatic carbocycles. The van der Waals surface area contributed by atoms with Gasteiger partial charge in [-0.15, -0.1) is 0 Å². The first-order chi connectivity index (χ1) is 8.60. The number of ether oxygens (including phenoxy) is 1. The summed E-state index contributed by atoms with van der Waals surface area (Å²) in [6, 6.07) is 12.1. The van der Waals surface area contributed by atoms with E-state index in [0.29, 0.717) is 0 Å². The van der Waals surface area contributed by atoms with E-state index < -0.39 is 0 Å². The van der Waals surface area contributed by atoms with Crippen LogP contribution < -0.4 is 4.74 Å². The fourth-order valence-electron chi connectivity index (χ4n) is 1.54. The Bertz CT molecular complexity index is 567. The van der Waals surface area contributed by atoms with E-state index in [2.05, 4.69) is 54.7 Å². The highest BCUT2D eigenvalue weighted by atomic mass is 79.9. The van der Waals surface area contributed by atoms with Crippen molar-refractivity contribution in [3.63, 3.8) is 0 Å². The first-order valence-electron chi connectivity index (χ1n) is 5.38. The van der Waals surface area contributed by atoms with Gasteiger partial charge in [0.05, 0.1) is 4.47 Å². The van der Waals surface area contributed by atoms with Crippen LogP contribution in [0.4, 0.5) is 0 Å². The largest absolute Gasteiger partial charge is 0.456 e. The van der Waals surface area contributed by atoms with Crippen molar-refractivity contribution >= 4 is 47.8 Å². The molecule has 0 bridgehead atoms. The molecule has 0 atom stereocenters. The van der Waals surface area contributed by atoms with Crippen molar-refractivity contribution < 1.29 is 4.74 Å². The number of halogens is 3. The molecule has 0 amide bonds. The molecule has 0 heterocycles. The number of hydrogen-bond acceptors (Lipinski definition) is 1. The first kappa shape index (κ1) is 14.1. The minimum absolute atomic E-state index is 0.763. The standard InChI is InChI=1S/C14H11Br3O/c1-9-2-5-13(12(17)6-9)18-14-7-11(16)4-3-10(14)8-15/h2-7H,8H2,1H3. The van der Waals surface area contributed by atoms with Crippen LogP contribution in [0, 0.1) is 6.92 Å². The zero-order chi connectivity index (χ0) is 13.1. The second-order valence-electron chi connectivity index (χ2n) is 3.92. The van der Waals surface area contributed by atoms with Gasteiger partial charge < -0.3 is 4.74 Å². The van der Waals surface area contributed by atoms with Crippen LogP contribution in [-0.2, 0) is 5.33 Å². The summed E-state index contributed by atoms with van der Waals surface area (Å²) in [4.78, 5) is 0. The van der Waals surface area contributed by atoms with Gasteiger partial charge in [0.1, 0.15) is 11.5 Å². The summed E-state index contributed by atoms with van der Waals surface area (Å²) in [6.07, 6.45) is 0. The van der Waals surface area contributed by atoms with Gasteiger partial charge in [-0.25, -0.2) is 0 Å². The van der Waals surface area contributed by atoms with Crippen LogP contribution in [0.5, 0.6) is 11.5 Å². The fourth-order valence-corrected chi connectivity index (χ4v) is 2.92. The van der Waals surface area contributed by atoms with Crippen molar-refractivity contribution in [2.75, 3.05) is 0 Å². The van der Waals surface area contributed by atoms with Crippen LogP contribution in [0.2, 0.25) is 0 Å². The highest BCUT2D eigenvalue weighted by molar-refractivity contribution is 9.10. The number of rotatable bonds is 3. The van der Waals surface area contributed by atoms with Gasteiger partial charge in [0.25, 0.3) is 0 Å². The second-order valence-corrected chi connectivity index (χ2v) is 6.25. The maximum Gasteiger partial charge on any atom is 0.141 e. The van der Waals surface area contributed by atoms with Gasteiger partial charge in [0.15, 0.2) is 0 Å². The van der Waals surface area contributed by atoms with Crippen molar-refractivity contribution in [1.29, 1.82) is 0 Å². The molecule has 0 spiro atoms. The van der Waals surface area contributed by atoms with Gasteiger partial charge in [-0.3, -0.25) is 0 Å². The Morgan fingerprint density at radius 3 is 2.44 bits per heavy atom. The summed E-state index contributed by atoms with van der Waals surface area (Å²) in [5, 5.41) is 0.763. The maximum atomic E-state index is 5.96. The predicted molar refractivity (Wildman–Crippen MR) is 85.7 cm³/mol. The molecule has 0 N–H and O–H groups in total. The lowest BCUT2D eigenvalue weighted by atomic mass is 10.2. The van der Waals surface area contributed by atoms with Crippen molar-refractivity contribution in [2.24, 2.45) is 0 Å². The van der Waals surface area contributed by atoms with Crippen LogP contribution in [0.15, 0.2) is 45.3 Å². The van der Waals surface area contributed by atoms with E-state index in [9.17, 15) is 0 Å². The van der Waals surface area contributed by atoms with E-state index in [-0.39, 0.29) is 0 Å². The quantitative estimate of drug-likeness (QED) is 0.522. The third-order valence-electron chi connectivity index (χ3n) is 2.48. The van der Waals surface area contributed by atoms with Gasteiger partial charge in [0.2, 0.25) is 0 Å². The predicted octanol–water partition coefficient (Wildman–Crippen LogP) is 6.21. The second kappa shape index (κ2) is 6.22. The Balaban J connectivity index is 2.36. The van der Waals surface area contributed by atoms with Crippen LogP contribution in [-0.4, -0.2) is 0 Å². The molecule has 0 saturated heterocycles. The smallest absolute Gasteiger partial charge is 0.141 e. The monoisotopic (exact) mass is 432 g/mol. The highest BCUT2D eigenvalue weighted by Crippen LogP contribution is 2.34. The van der Waals surface area contributed by atoms with Gasteiger partial charge in [0, 0.05) is 15.4 Å². The lowest BCUT2D eigenvalue weighted by Gasteiger charge is -2.12. The molecule has 0 aliphatic heterocycles. The minimum atomic E-state index is 0.763. The summed E-state index contributed by atoms with van der Waals surface area (Å²) >= 11 is 10.5. The molecule has 1 nitrogen and oxygen atoms in total. The molecular weight excluding hydrogens is 424 g/mol. The van der Waals surface area contributed by atoms with E-state index in [1.54, 1.807) is 0 Å². The van der Waals surface area contributed by atoms with Crippen LogP contribution in [0.1, 0.15) is 11.1 Å². The zero-order valence-electron chi connectivity index (χ0n) is 9.71. The molecule has 0 unspecified atom stereocenters. The summed E-state index contributed by atoms with van der Waals surface area (Å²) in [7, 11) is 0. The third-order valence-corrected chi connectivity index (χ3v) is 4.20. The van der Waals surface area contributed by atoms with E-state index >= 15 is 0 Å². The fraction of sp³-hybridized carbons (Fsp3) is 0.143. The summed E-state index contributed by atoms with van der Waals surface area (Å²) in [6.45, 7) is 2.05. The molecule has 0 aliphatic rings. The molecule has 94 valence electrons. The highest BCUT2D eigenvalue weighted by Gasteiger charge is 2.07. The van der Waals surface area contributed by atoms with Crippen molar-refractivity contribution in [3.05, 3.63) is 56.5 Å². The number of alkyl halides is 1. The third kappa shape index (κ3) is 3.37. The molecule has 2 rings (SSSR count). The average molecular weight is 435 g/mol. The maximum absolute atomic E-state index is 5.96. The molecular formula is C14H11Br3O. The number of aryl methyl sites for hydroxylation is 1. The minimum Gasteiger partial charge on any atom is -0.456 e. The Morgan fingerprint density at radius 2 is 1.78 bits per heavy atom. The van der Waals surface area contributed by atoms with Gasteiger partial charge >= 0.3 is 0 Å². The summed E-state index contributed by atoms with van der Waals surface area (Å²) in [5.74, 6) is 1.67. The van der Waals surface area contributed by atoms with E-state index in [4.69, 9.17) is 4.74 Å². The molecule has 0 fully saturated rings. The molecule has 0 aromatic heterocycles. The number of hydrogen-bond donors (Lipinski definition) is 0. The van der Waals surface area contributed by atoms with E-state index in [1.165, 1.54) is 5.56 Å². The lowest BCUT2D eigenvalue weighted by molar-refractivity contribution is 0.475. The molecule has 0 saturated carbocycles. The van der Waals surface area contributed by atoms with Gasteiger partial charge in [-0.05, 0) is 52.7 Å². The van der Waals surface area contributed by atoms with Crippen LogP contribution in [0.25, 0.3) is 0 Å².